The standard InChI is InChI=1S/C17H20F2N4OS/c1-22-8-12(9-22)23-4-2-3-10(7-23)16(24)21-17-20-15-13(19)5-11(18)6-14(15)25-17/h5-6,10,12H,2-4,7-9H2,1H3,(H,20,21,24)/t10-/m0/s1. The third kappa shape index (κ3) is 3.38. The number of carbonyl (C=O) groups is 1. The molecule has 3 heterocycles. The fraction of sp³-hybridized carbons (Fsp3) is 0.529. The van der Waals surface area contributed by atoms with Gasteiger partial charge in [0.1, 0.15) is 11.3 Å². The lowest BCUT2D eigenvalue weighted by molar-refractivity contribution is -0.122. The molecular weight excluding hydrogens is 346 g/mol. The highest BCUT2D eigenvalue weighted by molar-refractivity contribution is 7.22. The molecule has 2 aliphatic heterocycles. The molecule has 4 rings (SSSR count). The van der Waals surface area contributed by atoms with Crippen molar-refractivity contribution in [2.45, 2.75) is 18.9 Å². The number of anilines is 1. The van der Waals surface area contributed by atoms with Gasteiger partial charge in [0.05, 0.1) is 10.6 Å². The van der Waals surface area contributed by atoms with Crippen LogP contribution in [0.1, 0.15) is 12.8 Å². The number of hydrogen-bond donors (Lipinski definition) is 1. The third-order valence-electron chi connectivity index (χ3n) is 5.03. The molecule has 1 atom stereocenters. The average Bonchev–Trinajstić information content (AvgIpc) is 2.94. The molecule has 0 aliphatic carbocycles. The Morgan fingerprint density at radius 1 is 1.32 bits per heavy atom. The number of fused-ring (bicyclic) bond motifs is 1. The molecule has 5 nitrogen and oxygen atoms in total. The topological polar surface area (TPSA) is 48.5 Å². The van der Waals surface area contributed by atoms with E-state index in [4.69, 9.17) is 0 Å². The van der Waals surface area contributed by atoms with E-state index >= 15 is 0 Å². The Morgan fingerprint density at radius 3 is 2.88 bits per heavy atom. The van der Waals surface area contributed by atoms with Crippen LogP contribution >= 0.6 is 11.3 Å². The lowest BCUT2D eigenvalue weighted by atomic mass is 9.94. The van der Waals surface area contributed by atoms with Crippen molar-refractivity contribution in [1.29, 1.82) is 0 Å². The molecule has 0 radical (unpaired) electrons. The van der Waals surface area contributed by atoms with Crippen LogP contribution in [0.25, 0.3) is 10.2 Å². The summed E-state index contributed by atoms with van der Waals surface area (Å²) in [6.07, 6.45) is 1.84. The van der Waals surface area contributed by atoms with E-state index in [0.717, 1.165) is 56.4 Å². The first-order valence-corrected chi connectivity index (χ1v) is 9.30. The maximum atomic E-state index is 13.8. The molecule has 0 unspecified atom stereocenters. The van der Waals surface area contributed by atoms with Crippen LogP contribution in [0.2, 0.25) is 0 Å². The summed E-state index contributed by atoms with van der Waals surface area (Å²) in [5.74, 6) is -1.52. The van der Waals surface area contributed by atoms with E-state index in [0.29, 0.717) is 15.9 Å². The van der Waals surface area contributed by atoms with Gasteiger partial charge in [-0.15, -0.1) is 0 Å². The Hall–Kier alpha value is -1.64. The molecule has 8 heteroatoms. The Kier molecular flexibility index (Phi) is 4.43. The SMILES string of the molecule is CN1CC(N2CCC[C@H](C(=O)Nc3nc4c(F)cc(F)cc4s3)C2)C1. The second kappa shape index (κ2) is 6.59. The predicted molar refractivity (Wildman–Crippen MR) is 93.7 cm³/mol. The molecule has 1 aromatic heterocycles. The number of benzene rings is 1. The van der Waals surface area contributed by atoms with Gasteiger partial charge in [-0.05, 0) is 32.5 Å². The summed E-state index contributed by atoms with van der Waals surface area (Å²) in [5, 5.41) is 3.12. The van der Waals surface area contributed by atoms with Gasteiger partial charge >= 0.3 is 0 Å². The van der Waals surface area contributed by atoms with Gasteiger partial charge in [0.25, 0.3) is 0 Å². The molecule has 1 aromatic carbocycles. The van der Waals surface area contributed by atoms with E-state index in [1.165, 1.54) is 6.07 Å². The maximum absolute atomic E-state index is 13.8. The molecule has 2 aliphatic rings. The molecular formula is C17H20F2N4OS. The van der Waals surface area contributed by atoms with Gasteiger partial charge in [-0.3, -0.25) is 9.69 Å². The van der Waals surface area contributed by atoms with E-state index in [9.17, 15) is 13.6 Å². The van der Waals surface area contributed by atoms with E-state index in [-0.39, 0.29) is 17.3 Å². The Balaban J connectivity index is 1.43. The van der Waals surface area contributed by atoms with Crippen LogP contribution in [0.3, 0.4) is 0 Å². The van der Waals surface area contributed by atoms with Gasteiger partial charge in [-0.25, -0.2) is 13.8 Å². The van der Waals surface area contributed by atoms with Crippen molar-refractivity contribution in [3.63, 3.8) is 0 Å². The van der Waals surface area contributed by atoms with Crippen LogP contribution in [-0.4, -0.2) is 60.0 Å². The minimum Gasteiger partial charge on any atom is -0.303 e. The van der Waals surface area contributed by atoms with Gasteiger partial charge in [-0.1, -0.05) is 11.3 Å². The summed E-state index contributed by atoms with van der Waals surface area (Å²) >= 11 is 1.10. The maximum Gasteiger partial charge on any atom is 0.230 e. The van der Waals surface area contributed by atoms with Gasteiger partial charge in [0, 0.05) is 31.7 Å². The quantitative estimate of drug-likeness (QED) is 0.907. The number of rotatable bonds is 3. The molecule has 2 fully saturated rings. The number of aromatic nitrogens is 1. The summed E-state index contributed by atoms with van der Waals surface area (Å²) < 4.78 is 27.4. The van der Waals surface area contributed by atoms with Crippen LogP contribution in [-0.2, 0) is 4.79 Å². The number of hydrogen-bond acceptors (Lipinski definition) is 5. The number of piperidine rings is 1. The molecule has 25 heavy (non-hydrogen) atoms. The van der Waals surface area contributed by atoms with Crippen LogP contribution in [0.15, 0.2) is 12.1 Å². The van der Waals surface area contributed by atoms with Crippen molar-refractivity contribution in [2.75, 3.05) is 38.5 Å². The summed E-state index contributed by atoms with van der Waals surface area (Å²) in [4.78, 5) is 21.3. The van der Waals surface area contributed by atoms with Crippen molar-refractivity contribution in [3.8, 4) is 0 Å². The van der Waals surface area contributed by atoms with Crippen LogP contribution in [0.4, 0.5) is 13.9 Å². The fourth-order valence-corrected chi connectivity index (χ4v) is 4.58. The normalized spacial score (nSPS) is 22.9. The number of likely N-dealkylation sites (tertiary alicyclic amines) is 2. The van der Waals surface area contributed by atoms with Crippen LogP contribution < -0.4 is 5.32 Å². The van der Waals surface area contributed by atoms with E-state index in [2.05, 4.69) is 27.1 Å². The van der Waals surface area contributed by atoms with E-state index in [1.54, 1.807) is 0 Å². The highest BCUT2D eigenvalue weighted by Crippen LogP contribution is 2.30. The largest absolute Gasteiger partial charge is 0.303 e. The first-order chi connectivity index (χ1) is 12.0. The highest BCUT2D eigenvalue weighted by Gasteiger charge is 2.34. The minimum atomic E-state index is -0.704. The smallest absolute Gasteiger partial charge is 0.230 e. The zero-order valence-corrected chi connectivity index (χ0v) is 14.8. The first-order valence-electron chi connectivity index (χ1n) is 8.48. The van der Waals surface area contributed by atoms with Crippen LogP contribution in [0.5, 0.6) is 0 Å². The Bertz CT molecular complexity index is 805. The average molecular weight is 366 g/mol. The minimum absolute atomic E-state index is 0.0858. The third-order valence-corrected chi connectivity index (χ3v) is 5.95. The Labute approximate surface area is 148 Å². The highest BCUT2D eigenvalue weighted by atomic mass is 32.1. The summed E-state index contributed by atoms with van der Waals surface area (Å²) in [6.45, 7) is 3.89. The number of amides is 1. The van der Waals surface area contributed by atoms with Crippen LogP contribution in [0, 0.1) is 17.6 Å². The molecule has 0 bridgehead atoms. The van der Waals surface area contributed by atoms with Gasteiger partial charge in [0.15, 0.2) is 10.9 Å². The monoisotopic (exact) mass is 366 g/mol. The summed E-state index contributed by atoms with van der Waals surface area (Å²) in [6, 6.07) is 2.59. The lowest BCUT2D eigenvalue weighted by Gasteiger charge is -2.46. The molecule has 2 saturated heterocycles. The van der Waals surface area contributed by atoms with Gasteiger partial charge in [0.2, 0.25) is 5.91 Å². The second-order valence-electron chi connectivity index (χ2n) is 6.95. The van der Waals surface area contributed by atoms with Gasteiger partial charge in [-0.2, -0.15) is 0 Å². The van der Waals surface area contributed by atoms with Crippen molar-refractivity contribution in [1.82, 2.24) is 14.8 Å². The molecule has 1 amide bonds. The van der Waals surface area contributed by atoms with Crippen molar-refractivity contribution < 1.29 is 13.6 Å². The van der Waals surface area contributed by atoms with Crippen molar-refractivity contribution >= 4 is 32.6 Å². The fourth-order valence-electron chi connectivity index (χ4n) is 3.67. The molecule has 0 saturated carbocycles. The number of nitrogens with zero attached hydrogens (tertiary/aromatic N) is 3. The van der Waals surface area contributed by atoms with Crippen molar-refractivity contribution in [2.24, 2.45) is 5.92 Å². The van der Waals surface area contributed by atoms with Gasteiger partial charge < -0.3 is 10.2 Å². The number of thiazole rings is 1. The first kappa shape index (κ1) is 16.8. The number of likely N-dealkylation sites (N-methyl/N-ethyl adjacent to an activating group) is 1. The molecule has 1 N–H and O–H groups in total. The zero-order valence-electron chi connectivity index (χ0n) is 14.0. The van der Waals surface area contributed by atoms with Crippen molar-refractivity contribution in [3.05, 3.63) is 23.8 Å². The number of halogens is 2. The van der Waals surface area contributed by atoms with E-state index in [1.807, 2.05) is 0 Å². The summed E-state index contributed by atoms with van der Waals surface area (Å²) in [7, 11) is 2.10. The number of nitrogens with one attached hydrogen (secondary N) is 1. The molecule has 0 spiro atoms. The predicted octanol–water partition coefficient (Wildman–Crippen LogP) is 2.54. The molecule has 134 valence electrons. The zero-order chi connectivity index (χ0) is 17.6. The summed E-state index contributed by atoms with van der Waals surface area (Å²) in [5.41, 5.74) is 0.101. The second-order valence-corrected chi connectivity index (χ2v) is 7.98. The lowest BCUT2D eigenvalue weighted by Crippen LogP contribution is -2.60. The van der Waals surface area contributed by atoms with E-state index < -0.39 is 11.6 Å². The number of carbonyl (C=O) groups excluding carboxylic acids is 1. The molecule has 2 aromatic rings. The Morgan fingerprint density at radius 2 is 2.12 bits per heavy atom.